The van der Waals surface area contributed by atoms with Crippen LogP contribution in [0.4, 0.5) is 5.82 Å². The smallest absolute Gasteiger partial charge is 0.339 e. The number of aliphatic imine (C=N–C) groups is 1. The molecule has 0 aromatic carbocycles. The molecule has 7 nitrogen and oxygen atoms in total. The largest absolute Gasteiger partial charge is 0.478 e. The summed E-state index contributed by atoms with van der Waals surface area (Å²) < 4.78 is 5.34. The van der Waals surface area contributed by atoms with E-state index in [-0.39, 0.29) is 23.2 Å². The molecule has 23 heavy (non-hydrogen) atoms. The van der Waals surface area contributed by atoms with Gasteiger partial charge in [0.15, 0.2) is 5.82 Å². The number of carbonyl (C=O) groups excluding carboxylic acids is 1. The molecule has 3 heterocycles. The first-order valence-electron chi connectivity index (χ1n) is 7.57. The van der Waals surface area contributed by atoms with Crippen LogP contribution in [0.3, 0.4) is 0 Å². The number of aromatic nitrogens is 1. The van der Waals surface area contributed by atoms with E-state index in [1.807, 2.05) is 13.8 Å². The lowest BCUT2D eigenvalue weighted by atomic mass is 9.88. The van der Waals surface area contributed by atoms with Crippen LogP contribution in [-0.2, 0) is 22.6 Å². The lowest BCUT2D eigenvalue weighted by Crippen LogP contribution is -2.43. The van der Waals surface area contributed by atoms with Crippen LogP contribution in [0.5, 0.6) is 0 Å². The summed E-state index contributed by atoms with van der Waals surface area (Å²) in [5.41, 5.74) is 0.626. The maximum atomic E-state index is 12.8. The minimum atomic E-state index is -1.12. The fourth-order valence-electron chi connectivity index (χ4n) is 2.69. The highest BCUT2D eigenvalue weighted by Crippen LogP contribution is 2.33. The van der Waals surface area contributed by atoms with Gasteiger partial charge in [-0.05, 0) is 18.9 Å². The number of carboxylic acid groups (broad SMARTS) is 1. The number of carboxylic acids is 1. The van der Waals surface area contributed by atoms with Crippen LogP contribution in [0, 0.1) is 5.92 Å². The van der Waals surface area contributed by atoms with Crippen molar-refractivity contribution in [1.82, 2.24) is 4.98 Å². The van der Waals surface area contributed by atoms with Crippen LogP contribution in [0.25, 0.3) is 0 Å². The Morgan fingerprint density at radius 3 is 2.83 bits per heavy atom. The predicted octanol–water partition coefficient (Wildman–Crippen LogP) is 1.64. The number of amides is 1. The first-order chi connectivity index (χ1) is 10.8. The van der Waals surface area contributed by atoms with E-state index in [1.54, 1.807) is 13.0 Å². The minimum absolute atomic E-state index is 0.00412. The fourth-order valence-corrected chi connectivity index (χ4v) is 2.69. The van der Waals surface area contributed by atoms with Crippen LogP contribution in [0.15, 0.2) is 11.1 Å². The number of ether oxygens (including phenoxy) is 1. The zero-order valence-electron chi connectivity index (χ0n) is 13.4. The first-order valence-corrected chi connectivity index (χ1v) is 7.57. The molecule has 0 saturated carbocycles. The van der Waals surface area contributed by atoms with Gasteiger partial charge in [-0.1, -0.05) is 13.8 Å². The Kier molecular flexibility index (Phi) is 3.68. The van der Waals surface area contributed by atoms with E-state index in [4.69, 9.17) is 4.74 Å². The number of hydrogen-bond acceptors (Lipinski definition) is 5. The number of fused-ring (bicyclic) bond motifs is 1. The average molecular weight is 317 g/mol. The third-order valence-electron chi connectivity index (χ3n) is 4.59. The van der Waals surface area contributed by atoms with Gasteiger partial charge in [0.1, 0.15) is 11.1 Å². The first kappa shape index (κ1) is 15.6. The summed E-state index contributed by atoms with van der Waals surface area (Å²) in [5, 5.41) is 9.49. The molecule has 1 aromatic rings. The zero-order valence-corrected chi connectivity index (χ0v) is 13.4. The summed E-state index contributed by atoms with van der Waals surface area (Å²) in [7, 11) is 0. The summed E-state index contributed by atoms with van der Waals surface area (Å²) in [6, 6.07) is 1.55. The molecule has 2 aliphatic rings. The molecule has 2 aliphatic heterocycles. The van der Waals surface area contributed by atoms with Gasteiger partial charge in [0.25, 0.3) is 5.91 Å². The van der Waals surface area contributed by atoms with Crippen LogP contribution in [0.2, 0.25) is 0 Å². The van der Waals surface area contributed by atoms with Gasteiger partial charge in [-0.25, -0.2) is 9.78 Å². The van der Waals surface area contributed by atoms with Crippen molar-refractivity contribution in [2.24, 2.45) is 10.9 Å². The lowest BCUT2D eigenvalue weighted by molar-refractivity contribution is -0.122. The summed E-state index contributed by atoms with van der Waals surface area (Å²) in [6.45, 7) is 6.46. The number of aromatic carboxylic acids is 1. The molecule has 122 valence electrons. The second-order valence-corrected chi connectivity index (χ2v) is 6.30. The number of carbonyl (C=O) groups is 2. The fraction of sp³-hybridized carbons (Fsp3) is 0.500. The van der Waals surface area contributed by atoms with E-state index < -0.39 is 11.5 Å². The number of nitrogens with zero attached hydrogens (tertiary/aromatic N) is 3. The van der Waals surface area contributed by atoms with Crippen LogP contribution in [0.1, 0.15) is 42.4 Å². The van der Waals surface area contributed by atoms with Crippen molar-refractivity contribution in [3.8, 4) is 0 Å². The molecule has 1 unspecified atom stereocenters. The Bertz CT molecular complexity index is 714. The third kappa shape index (κ3) is 2.41. The predicted molar refractivity (Wildman–Crippen MR) is 83.8 cm³/mol. The second-order valence-electron chi connectivity index (χ2n) is 6.30. The van der Waals surface area contributed by atoms with Gasteiger partial charge in [-0.3, -0.25) is 14.7 Å². The quantitative estimate of drug-likeness (QED) is 0.915. The monoisotopic (exact) mass is 317 g/mol. The van der Waals surface area contributed by atoms with Crippen LogP contribution >= 0.6 is 0 Å². The molecule has 1 atom stereocenters. The highest BCUT2D eigenvalue weighted by Gasteiger charge is 2.45. The van der Waals surface area contributed by atoms with Crippen LogP contribution < -0.4 is 4.90 Å². The molecule has 1 N–H and O–H groups in total. The Hall–Kier alpha value is -2.28. The van der Waals surface area contributed by atoms with E-state index >= 15 is 0 Å². The molecule has 1 aromatic heterocycles. The number of pyridine rings is 1. The Morgan fingerprint density at radius 2 is 2.22 bits per heavy atom. The molecule has 0 aliphatic carbocycles. The van der Waals surface area contributed by atoms with E-state index in [1.165, 1.54) is 11.2 Å². The van der Waals surface area contributed by atoms with E-state index in [0.29, 0.717) is 19.6 Å². The Morgan fingerprint density at radius 1 is 1.48 bits per heavy atom. The standard InChI is InChI=1S/C16H19N3O4/c1-9(2)16(3)15(22)19(8-17-16)13-11(14(20)21)6-10-7-23-5-4-12(10)18-13/h6,8-9H,4-5,7H2,1-3H3,(H,20,21). The molecule has 0 saturated heterocycles. The summed E-state index contributed by atoms with van der Waals surface area (Å²) in [4.78, 5) is 34.4. The van der Waals surface area contributed by atoms with Crippen molar-refractivity contribution in [3.05, 3.63) is 22.9 Å². The van der Waals surface area contributed by atoms with Gasteiger partial charge in [0.05, 0.1) is 25.2 Å². The average Bonchev–Trinajstić information content (AvgIpc) is 2.83. The lowest BCUT2D eigenvalue weighted by Gasteiger charge is -2.26. The number of anilines is 1. The molecule has 1 amide bonds. The summed E-state index contributed by atoms with van der Waals surface area (Å²) in [6.07, 6.45) is 1.99. The molecular formula is C16H19N3O4. The molecule has 0 bridgehead atoms. The van der Waals surface area contributed by atoms with Gasteiger partial charge in [0, 0.05) is 12.0 Å². The van der Waals surface area contributed by atoms with Crippen molar-refractivity contribution in [2.75, 3.05) is 11.5 Å². The number of rotatable bonds is 3. The minimum Gasteiger partial charge on any atom is -0.478 e. The maximum Gasteiger partial charge on any atom is 0.339 e. The van der Waals surface area contributed by atoms with Gasteiger partial charge >= 0.3 is 5.97 Å². The van der Waals surface area contributed by atoms with Gasteiger partial charge in [0.2, 0.25) is 0 Å². The second kappa shape index (κ2) is 5.42. The molecule has 0 radical (unpaired) electrons. The van der Waals surface area contributed by atoms with Crippen molar-refractivity contribution >= 4 is 24.0 Å². The van der Waals surface area contributed by atoms with E-state index in [2.05, 4.69) is 9.98 Å². The maximum absolute atomic E-state index is 12.8. The topological polar surface area (TPSA) is 92.1 Å². The molecule has 0 spiro atoms. The molecule has 0 fully saturated rings. The SMILES string of the molecule is CC(C)C1(C)N=CN(c2nc3c(cc2C(=O)O)COCC3)C1=O. The summed E-state index contributed by atoms with van der Waals surface area (Å²) in [5.74, 6) is -1.25. The van der Waals surface area contributed by atoms with Crippen molar-refractivity contribution in [1.29, 1.82) is 0 Å². The molecule has 7 heteroatoms. The van der Waals surface area contributed by atoms with Crippen molar-refractivity contribution < 1.29 is 19.4 Å². The van der Waals surface area contributed by atoms with E-state index in [0.717, 1.165) is 11.3 Å². The number of hydrogen-bond donors (Lipinski definition) is 1. The van der Waals surface area contributed by atoms with Gasteiger partial charge < -0.3 is 9.84 Å². The van der Waals surface area contributed by atoms with Gasteiger partial charge in [-0.2, -0.15) is 0 Å². The van der Waals surface area contributed by atoms with Crippen molar-refractivity contribution in [3.63, 3.8) is 0 Å². The Labute approximate surface area is 134 Å². The highest BCUT2D eigenvalue weighted by atomic mass is 16.5. The summed E-state index contributed by atoms with van der Waals surface area (Å²) >= 11 is 0. The van der Waals surface area contributed by atoms with Gasteiger partial charge in [-0.15, -0.1) is 0 Å². The van der Waals surface area contributed by atoms with Crippen LogP contribution in [-0.4, -0.2) is 40.5 Å². The van der Waals surface area contributed by atoms with E-state index in [9.17, 15) is 14.7 Å². The Balaban J connectivity index is 2.08. The molecular weight excluding hydrogens is 298 g/mol. The zero-order chi connectivity index (χ0) is 16.8. The van der Waals surface area contributed by atoms with Crippen molar-refractivity contribution in [2.45, 2.75) is 39.3 Å². The normalized spacial score (nSPS) is 23.5. The third-order valence-corrected chi connectivity index (χ3v) is 4.59. The highest BCUT2D eigenvalue weighted by molar-refractivity contribution is 6.18. The molecule has 3 rings (SSSR count).